The lowest BCUT2D eigenvalue weighted by atomic mass is 9.98. The SMILES string of the molecule is c1ccc(-c2nc(-c3ccccc3)nc(-c3cccc(-n4c5ccc(-c6cccc(-c7nc(-c8ccccc8)nc(-c8cc(-n9c%10ccccc%10c%10ccccc%109)cc(-n9c%10ccccc%10c%10cc(-c%11ccc%12c(c%11)c%11ccccc%11n%12-c%11ccccc%11)ccc%109)c8)n7)c6)cc5c5cc(-c6ccc7c(c6)c6ccccc6n7-c6ccccc6)ccc54)c3)n2)cc1. The van der Waals surface area contributed by atoms with Crippen molar-refractivity contribution in [3.63, 3.8) is 0 Å². The third kappa shape index (κ3) is 11.9. The van der Waals surface area contributed by atoms with Crippen LogP contribution in [0.2, 0.25) is 0 Å². The van der Waals surface area contributed by atoms with Crippen LogP contribution in [0, 0.1) is 0 Å². The molecule has 0 amide bonds. The summed E-state index contributed by atoms with van der Waals surface area (Å²) in [5, 5.41) is 11.6. The number of fused-ring (bicyclic) bond motifs is 15. The zero-order valence-electron chi connectivity index (χ0n) is 67.4. The Labute approximate surface area is 717 Å². The molecule has 0 saturated heterocycles. The number of hydrogen-bond donors (Lipinski definition) is 0. The highest BCUT2D eigenvalue weighted by Crippen LogP contribution is 2.45. The second kappa shape index (κ2) is 28.9. The van der Waals surface area contributed by atoms with E-state index in [1.54, 1.807) is 0 Å². The van der Waals surface area contributed by atoms with Crippen molar-refractivity contribution in [2.75, 3.05) is 0 Å². The summed E-state index contributed by atoms with van der Waals surface area (Å²) in [6, 6.07) is 154. The lowest BCUT2D eigenvalue weighted by Crippen LogP contribution is -2.03. The van der Waals surface area contributed by atoms with E-state index in [-0.39, 0.29) is 0 Å². The maximum Gasteiger partial charge on any atom is 0.164 e. The van der Waals surface area contributed by atoms with Gasteiger partial charge >= 0.3 is 0 Å². The van der Waals surface area contributed by atoms with Gasteiger partial charge < -0.3 is 22.8 Å². The fourth-order valence-electron chi connectivity index (χ4n) is 19.2. The number of hydrogen-bond acceptors (Lipinski definition) is 6. The van der Waals surface area contributed by atoms with E-state index in [9.17, 15) is 0 Å². The Morgan fingerprint density at radius 3 is 0.664 bits per heavy atom. The maximum atomic E-state index is 5.66. The van der Waals surface area contributed by atoms with Gasteiger partial charge in [0.15, 0.2) is 34.9 Å². The predicted molar refractivity (Wildman–Crippen MR) is 514 cm³/mol. The van der Waals surface area contributed by atoms with Crippen LogP contribution >= 0.6 is 0 Å². The third-order valence-electron chi connectivity index (χ3n) is 24.9. The second-order valence-corrected chi connectivity index (χ2v) is 32.2. The van der Waals surface area contributed by atoms with E-state index in [1.807, 2.05) is 78.9 Å². The molecule has 18 aromatic carbocycles. The van der Waals surface area contributed by atoms with Gasteiger partial charge in [-0.3, -0.25) is 0 Å². The number of nitrogens with zero attached hydrogens (tertiary/aromatic N) is 11. The van der Waals surface area contributed by atoms with Crippen molar-refractivity contribution < 1.29 is 0 Å². The van der Waals surface area contributed by atoms with Crippen LogP contribution in [0.5, 0.6) is 0 Å². The van der Waals surface area contributed by atoms with Crippen molar-refractivity contribution >= 4 is 109 Å². The summed E-state index contributed by atoms with van der Waals surface area (Å²) < 4.78 is 12.0. The van der Waals surface area contributed by atoms with Gasteiger partial charge in [0.2, 0.25) is 0 Å². The van der Waals surface area contributed by atoms with Crippen LogP contribution in [0.3, 0.4) is 0 Å². The van der Waals surface area contributed by atoms with Gasteiger partial charge in [-0.25, -0.2) is 29.9 Å². The third-order valence-corrected chi connectivity index (χ3v) is 24.9. The molecule has 0 fully saturated rings. The first-order chi connectivity index (χ1) is 61.9. The molecule has 25 aromatic rings. The average molecular weight is 1590 g/mol. The van der Waals surface area contributed by atoms with Gasteiger partial charge in [-0.1, -0.05) is 279 Å². The highest BCUT2D eigenvalue weighted by molar-refractivity contribution is 6.16. The number of para-hydroxylation sites is 7. The van der Waals surface area contributed by atoms with Gasteiger partial charge in [0.25, 0.3) is 0 Å². The molecule has 0 aliphatic carbocycles. The Balaban J connectivity index is 0.649. The summed E-state index contributed by atoms with van der Waals surface area (Å²) >= 11 is 0. The molecule has 0 N–H and O–H groups in total. The predicted octanol–water partition coefficient (Wildman–Crippen LogP) is 28.5. The molecule has 11 heteroatoms. The van der Waals surface area contributed by atoms with Crippen LogP contribution in [-0.4, -0.2) is 52.7 Å². The van der Waals surface area contributed by atoms with E-state index in [0.717, 1.165) is 161 Å². The van der Waals surface area contributed by atoms with Crippen molar-refractivity contribution in [1.29, 1.82) is 0 Å². The van der Waals surface area contributed by atoms with E-state index in [1.165, 1.54) is 43.4 Å². The Kier molecular flexibility index (Phi) is 16.4. The highest BCUT2D eigenvalue weighted by atomic mass is 15.1. The summed E-state index contributed by atoms with van der Waals surface area (Å²) in [4.78, 5) is 32.1. The van der Waals surface area contributed by atoms with Crippen molar-refractivity contribution in [3.05, 3.63) is 431 Å². The highest BCUT2D eigenvalue weighted by Gasteiger charge is 2.25. The van der Waals surface area contributed by atoms with E-state index >= 15 is 0 Å². The zero-order chi connectivity index (χ0) is 82.2. The van der Waals surface area contributed by atoms with Crippen LogP contribution < -0.4 is 0 Å². The van der Waals surface area contributed by atoms with Gasteiger partial charge in [0.05, 0.1) is 55.2 Å². The first-order valence-electron chi connectivity index (χ1n) is 42.3. The maximum absolute atomic E-state index is 5.66. The molecule has 25 rings (SSSR count). The molecule has 582 valence electrons. The summed E-state index contributed by atoms with van der Waals surface area (Å²) in [5.74, 6) is 3.43. The summed E-state index contributed by atoms with van der Waals surface area (Å²) in [6.07, 6.45) is 0. The molecular weight excluding hydrogens is 1520 g/mol. The van der Waals surface area contributed by atoms with Gasteiger partial charge in [0, 0.05) is 116 Å². The molecule has 0 aliphatic rings. The molecule has 125 heavy (non-hydrogen) atoms. The van der Waals surface area contributed by atoms with Crippen LogP contribution in [0.4, 0.5) is 0 Å². The van der Waals surface area contributed by atoms with Crippen LogP contribution in [0.1, 0.15) is 0 Å². The first kappa shape index (κ1) is 70.9. The molecule has 0 unspecified atom stereocenters. The van der Waals surface area contributed by atoms with Gasteiger partial charge in [0.1, 0.15) is 0 Å². The van der Waals surface area contributed by atoms with Gasteiger partial charge in [-0.05, 0) is 185 Å². The average Bonchev–Trinajstić information content (AvgIpc) is 1.59. The summed E-state index contributed by atoms with van der Waals surface area (Å²) in [5.41, 5.74) is 28.0. The van der Waals surface area contributed by atoms with Crippen molar-refractivity contribution in [3.8, 4) is 130 Å². The fraction of sp³-hybridized carbons (Fsp3) is 0. The number of rotatable bonds is 14. The lowest BCUT2D eigenvalue weighted by molar-refractivity contribution is 1.07. The van der Waals surface area contributed by atoms with Crippen LogP contribution in [-0.2, 0) is 0 Å². The monoisotopic (exact) mass is 1590 g/mol. The lowest BCUT2D eigenvalue weighted by Gasteiger charge is -2.16. The molecular formula is C114H71N11. The normalized spacial score (nSPS) is 11.8. The van der Waals surface area contributed by atoms with E-state index < -0.39 is 0 Å². The summed E-state index contributed by atoms with van der Waals surface area (Å²) in [6.45, 7) is 0. The van der Waals surface area contributed by atoms with Crippen LogP contribution in [0.25, 0.3) is 239 Å². The van der Waals surface area contributed by atoms with E-state index in [0.29, 0.717) is 34.9 Å². The van der Waals surface area contributed by atoms with E-state index in [4.69, 9.17) is 29.9 Å². The Hall–Kier alpha value is -17.0. The Morgan fingerprint density at radius 1 is 0.112 bits per heavy atom. The minimum atomic E-state index is 0.536. The summed E-state index contributed by atoms with van der Waals surface area (Å²) in [7, 11) is 0. The minimum absolute atomic E-state index is 0.536. The molecule has 7 aromatic heterocycles. The fourth-order valence-corrected chi connectivity index (χ4v) is 19.2. The Morgan fingerprint density at radius 2 is 0.320 bits per heavy atom. The van der Waals surface area contributed by atoms with Crippen molar-refractivity contribution in [2.45, 2.75) is 0 Å². The topological polar surface area (TPSA) is 102 Å². The molecule has 0 bridgehead atoms. The van der Waals surface area contributed by atoms with E-state index in [2.05, 4.69) is 375 Å². The van der Waals surface area contributed by atoms with Gasteiger partial charge in [-0.2, -0.15) is 0 Å². The minimum Gasteiger partial charge on any atom is -0.309 e. The zero-order valence-corrected chi connectivity index (χ0v) is 67.4. The number of aromatic nitrogens is 11. The molecule has 7 heterocycles. The Bertz CT molecular complexity index is 8550. The second-order valence-electron chi connectivity index (χ2n) is 32.2. The van der Waals surface area contributed by atoms with Crippen molar-refractivity contribution in [2.24, 2.45) is 0 Å². The quantitative estimate of drug-likeness (QED) is 0.107. The first-order valence-corrected chi connectivity index (χ1v) is 42.3. The standard InChI is InChI=1S/C114H71N11/c1-6-28-72(29-7-1)109-115-110(73-30-8-2-9-31-73)118-113(117-109)82-36-27-41-86(63-82)123-107-60-52-76(69-97(107)98-70-80(56-61-108(98)123)79-54-58-105-95(67-79)92-45-19-24-50-102(92)122(105)85-39-14-5-15-40-85)75-34-26-35-81(62-75)112-116-111(74-32-10-3-11-33-74)119-114(120-112)83-64-87(124-99-47-21-16-42-89(99)90-43-17-22-48-100(90)124)71-88(65-83)125-103-51-25-20-46-93(103)96-68-78(55-59-106(96)125)77-53-57-104-94(66-77)91-44-18-23-49-101(91)121(104)84-37-12-4-13-38-84/h1-71H. The largest absolute Gasteiger partial charge is 0.309 e. The van der Waals surface area contributed by atoms with Crippen LogP contribution in [0.15, 0.2) is 431 Å². The number of benzene rings is 18. The molecule has 11 nitrogen and oxygen atoms in total. The smallest absolute Gasteiger partial charge is 0.164 e. The molecule has 0 radical (unpaired) electrons. The molecule has 0 spiro atoms. The molecule has 0 aliphatic heterocycles. The molecule has 0 atom stereocenters. The van der Waals surface area contributed by atoms with Crippen molar-refractivity contribution in [1.82, 2.24) is 52.7 Å². The van der Waals surface area contributed by atoms with Gasteiger partial charge in [-0.15, -0.1) is 0 Å². The molecule has 0 saturated carbocycles.